The number of carbonyl (C=O) groups excluding carboxylic acids is 1. The van der Waals surface area contributed by atoms with Crippen LogP contribution in [0.25, 0.3) is 0 Å². The molecule has 0 aliphatic carbocycles. The van der Waals surface area contributed by atoms with Gasteiger partial charge in [-0.25, -0.2) is 4.79 Å². The third-order valence-electron chi connectivity index (χ3n) is 3.59. The van der Waals surface area contributed by atoms with Crippen LogP contribution in [0.15, 0.2) is 24.3 Å². The summed E-state index contributed by atoms with van der Waals surface area (Å²) in [5.74, 6) is -1.14. The molecule has 0 aromatic heterocycles. The van der Waals surface area contributed by atoms with Gasteiger partial charge in [0.05, 0.1) is 5.56 Å². The van der Waals surface area contributed by atoms with Crippen molar-refractivity contribution in [3.63, 3.8) is 0 Å². The number of carbonyl (C=O) groups is 2. The van der Waals surface area contributed by atoms with E-state index in [1.165, 1.54) is 12.1 Å². The number of aromatic carboxylic acids is 1. The van der Waals surface area contributed by atoms with Gasteiger partial charge in [-0.05, 0) is 38.2 Å². The van der Waals surface area contributed by atoms with Crippen LogP contribution < -0.4 is 0 Å². The molecule has 1 atom stereocenters. The lowest BCUT2D eigenvalue weighted by Crippen LogP contribution is -2.38. The van der Waals surface area contributed by atoms with Crippen molar-refractivity contribution < 1.29 is 14.7 Å². The first-order valence-electron chi connectivity index (χ1n) is 6.28. The number of likely N-dealkylation sites (N-methyl/N-ethyl adjacent to an activating group) is 2. The van der Waals surface area contributed by atoms with E-state index < -0.39 is 5.97 Å². The fraction of sp³-hybridized carbons (Fsp3) is 0.429. The van der Waals surface area contributed by atoms with Gasteiger partial charge in [-0.1, -0.05) is 6.07 Å². The molecule has 0 radical (unpaired) electrons. The molecule has 1 saturated heterocycles. The highest BCUT2D eigenvalue weighted by molar-refractivity contribution is 5.97. The molecular weight excluding hydrogens is 244 g/mol. The maximum absolute atomic E-state index is 12.3. The summed E-state index contributed by atoms with van der Waals surface area (Å²) in [6, 6.07) is 6.38. The Balaban J connectivity index is 2.15. The zero-order chi connectivity index (χ0) is 14.0. The van der Waals surface area contributed by atoms with E-state index >= 15 is 0 Å². The Morgan fingerprint density at radius 3 is 2.63 bits per heavy atom. The van der Waals surface area contributed by atoms with Crippen molar-refractivity contribution in [3.05, 3.63) is 35.4 Å². The number of benzene rings is 1. The van der Waals surface area contributed by atoms with Crippen molar-refractivity contribution >= 4 is 11.9 Å². The topological polar surface area (TPSA) is 60.9 Å². The quantitative estimate of drug-likeness (QED) is 0.888. The average Bonchev–Trinajstić information content (AvgIpc) is 2.84. The highest BCUT2D eigenvalue weighted by atomic mass is 16.4. The van der Waals surface area contributed by atoms with Crippen molar-refractivity contribution in [1.82, 2.24) is 9.80 Å². The minimum atomic E-state index is -1.02. The van der Waals surface area contributed by atoms with E-state index in [4.69, 9.17) is 5.11 Å². The highest BCUT2D eigenvalue weighted by Gasteiger charge is 2.27. The van der Waals surface area contributed by atoms with E-state index in [9.17, 15) is 9.59 Å². The number of likely N-dealkylation sites (tertiary alicyclic amines) is 1. The molecule has 1 N–H and O–H groups in total. The van der Waals surface area contributed by atoms with Crippen LogP contribution in [0.5, 0.6) is 0 Å². The summed E-state index contributed by atoms with van der Waals surface area (Å²) in [4.78, 5) is 27.1. The zero-order valence-corrected chi connectivity index (χ0v) is 11.2. The molecule has 1 aromatic carbocycles. The van der Waals surface area contributed by atoms with Gasteiger partial charge in [0.15, 0.2) is 0 Å². The molecule has 2 rings (SSSR count). The Labute approximate surface area is 112 Å². The minimum absolute atomic E-state index is 0.122. The Morgan fingerprint density at radius 2 is 2.05 bits per heavy atom. The van der Waals surface area contributed by atoms with Gasteiger partial charge < -0.3 is 14.9 Å². The third-order valence-corrected chi connectivity index (χ3v) is 3.59. The molecule has 1 aromatic rings. The van der Waals surface area contributed by atoms with Crippen molar-refractivity contribution in [2.24, 2.45) is 0 Å². The summed E-state index contributed by atoms with van der Waals surface area (Å²) < 4.78 is 0. The predicted molar refractivity (Wildman–Crippen MR) is 71.4 cm³/mol. The molecule has 0 bridgehead atoms. The summed E-state index contributed by atoms with van der Waals surface area (Å²) in [5.41, 5.74) is 0.569. The van der Waals surface area contributed by atoms with Crippen LogP contribution in [0.3, 0.4) is 0 Å². The lowest BCUT2D eigenvalue weighted by molar-refractivity contribution is 0.0697. The Morgan fingerprint density at radius 1 is 1.37 bits per heavy atom. The monoisotopic (exact) mass is 262 g/mol. The van der Waals surface area contributed by atoms with Crippen molar-refractivity contribution in [1.29, 1.82) is 0 Å². The lowest BCUT2D eigenvalue weighted by Gasteiger charge is -2.24. The molecular formula is C14H18N2O3. The normalized spacial score (nSPS) is 19.4. The molecule has 19 heavy (non-hydrogen) atoms. The fourth-order valence-electron chi connectivity index (χ4n) is 2.38. The smallest absolute Gasteiger partial charge is 0.335 e. The van der Waals surface area contributed by atoms with Crippen LogP contribution >= 0.6 is 0 Å². The summed E-state index contributed by atoms with van der Waals surface area (Å²) in [7, 11) is 3.81. The predicted octanol–water partition coefficient (Wildman–Crippen LogP) is 1.16. The van der Waals surface area contributed by atoms with E-state index in [1.807, 2.05) is 7.05 Å². The van der Waals surface area contributed by atoms with E-state index in [2.05, 4.69) is 4.90 Å². The van der Waals surface area contributed by atoms with E-state index in [-0.39, 0.29) is 17.5 Å². The molecule has 102 valence electrons. The second-order valence-corrected chi connectivity index (χ2v) is 5.01. The number of carboxylic acid groups (broad SMARTS) is 1. The van der Waals surface area contributed by atoms with Crippen LogP contribution in [0.2, 0.25) is 0 Å². The Bertz CT molecular complexity index is 501. The van der Waals surface area contributed by atoms with Crippen LogP contribution in [0.1, 0.15) is 27.1 Å². The number of rotatable bonds is 3. The summed E-state index contributed by atoms with van der Waals surface area (Å²) in [6.45, 7) is 1.85. The number of nitrogens with zero attached hydrogens (tertiary/aromatic N) is 2. The summed E-state index contributed by atoms with van der Waals surface area (Å²) in [5, 5.41) is 8.94. The molecule has 0 spiro atoms. The van der Waals surface area contributed by atoms with Crippen molar-refractivity contribution in [3.8, 4) is 0 Å². The molecule has 0 saturated carbocycles. The first kappa shape index (κ1) is 13.5. The highest BCUT2D eigenvalue weighted by Crippen LogP contribution is 2.16. The molecule has 1 aliphatic heterocycles. The van der Waals surface area contributed by atoms with Gasteiger partial charge in [-0.2, -0.15) is 0 Å². The van der Waals surface area contributed by atoms with Crippen LogP contribution in [0, 0.1) is 0 Å². The Kier molecular flexibility index (Phi) is 3.85. The van der Waals surface area contributed by atoms with Crippen molar-refractivity contribution in [2.75, 3.05) is 27.2 Å². The first-order valence-corrected chi connectivity index (χ1v) is 6.28. The third kappa shape index (κ3) is 2.93. The molecule has 0 unspecified atom stereocenters. The molecule has 1 fully saturated rings. The second-order valence-electron chi connectivity index (χ2n) is 5.01. The van der Waals surface area contributed by atoms with Gasteiger partial charge >= 0.3 is 5.97 Å². The number of hydrogen-bond donors (Lipinski definition) is 1. The van der Waals surface area contributed by atoms with Gasteiger partial charge in [0.1, 0.15) is 0 Å². The average molecular weight is 262 g/mol. The molecule has 1 heterocycles. The standard InChI is InChI=1S/C14H18N2O3/c1-15-7-6-12(9-15)16(2)13(17)10-4-3-5-11(8-10)14(18)19/h3-5,8,12H,6-7,9H2,1-2H3,(H,18,19)/t12-/m0/s1. The van der Waals surface area contributed by atoms with E-state index in [0.717, 1.165) is 19.5 Å². The lowest BCUT2D eigenvalue weighted by atomic mass is 10.1. The van der Waals surface area contributed by atoms with E-state index in [1.54, 1.807) is 24.1 Å². The van der Waals surface area contributed by atoms with Gasteiger partial charge in [-0.15, -0.1) is 0 Å². The Hall–Kier alpha value is -1.88. The molecule has 5 heteroatoms. The zero-order valence-electron chi connectivity index (χ0n) is 11.2. The number of hydrogen-bond acceptors (Lipinski definition) is 3. The first-order chi connectivity index (χ1) is 8.99. The largest absolute Gasteiger partial charge is 0.478 e. The number of carboxylic acids is 1. The van der Waals surface area contributed by atoms with Gasteiger partial charge in [-0.3, -0.25) is 4.79 Å². The minimum Gasteiger partial charge on any atom is -0.478 e. The SMILES string of the molecule is CN1CC[C@H](N(C)C(=O)c2cccc(C(=O)O)c2)C1. The fourth-order valence-corrected chi connectivity index (χ4v) is 2.38. The molecule has 5 nitrogen and oxygen atoms in total. The summed E-state index contributed by atoms with van der Waals surface area (Å²) in [6.07, 6.45) is 0.956. The van der Waals surface area contributed by atoms with Crippen molar-refractivity contribution in [2.45, 2.75) is 12.5 Å². The number of amides is 1. The van der Waals surface area contributed by atoms with Crippen LogP contribution in [-0.4, -0.2) is 60.0 Å². The van der Waals surface area contributed by atoms with Crippen LogP contribution in [-0.2, 0) is 0 Å². The van der Waals surface area contributed by atoms with Gasteiger partial charge in [0.2, 0.25) is 0 Å². The maximum Gasteiger partial charge on any atom is 0.335 e. The van der Waals surface area contributed by atoms with Crippen LogP contribution in [0.4, 0.5) is 0 Å². The van der Waals surface area contributed by atoms with Gasteiger partial charge in [0, 0.05) is 25.2 Å². The second kappa shape index (κ2) is 5.40. The summed E-state index contributed by atoms with van der Waals surface area (Å²) >= 11 is 0. The molecule has 1 amide bonds. The maximum atomic E-state index is 12.3. The van der Waals surface area contributed by atoms with Gasteiger partial charge in [0.25, 0.3) is 5.91 Å². The van der Waals surface area contributed by atoms with E-state index in [0.29, 0.717) is 5.56 Å². The molecule has 1 aliphatic rings.